The van der Waals surface area contributed by atoms with E-state index in [2.05, 4.69) is 67.5 Å². The number of nitrogens with one attached hydrogen (secondary N) is 4. The number of anilines is 2. The standard InChI is InChI=1S/C33H53Cl2N5O4S2.C33H53Cl2N5O3S/c1-5-6-7-8-9-10-11-12-13-14-15-16-17-18-22-45(41,42)23-19-24-46(43,44)39-28-25-26(20-21-27(28)34)31-36-32-29(35)30(33(2,3)4)37-40(32)38-31;1-26-19-20-27(31-36-32-29(35)30(33(2,3)4)37-40(32)38-31)25-28(26)39-44(41,42)24-18-16-14-12-10-8-6-5-7-9-11-13-15-17-22-43-23-21-34/h20-21,25,37,39H,5-19,22-24H2,1-4H3;19-20,25,37,39H,5-18,21-24H2,1-4H3. The smallest absolute Gasteiger partial charge is 0.232 e. The van der Waals surface area contributed by atoms with Gasteiger partial charge in [-0.1, -0.05) is 256 Å². The fourth-order valence-corrected chi connectivity index (χ4v) is 16.0. The van der Waals surface area contributed by atoms with E-state index in [1.807, 2.05) is 39.8 Å². The Kier molecular flexibility index (Phi) is 33.1. The van der Waals surface area contributed by atoms with Crippen molar-refractivity contribution in [2.45, 2.75) is 252 Å². The number of sulfone groups is 1. The maximum absolute atomic E-state index is 12.9. The van der Waals surface area contributed by atoms with E-state index in [-0.39, 0.29) is 51.0 Å². The first kappa shape index (κ1) is 77.1. The first-order chi connectivity index (χ1) is 42.7. The van der Waals surface area contributed by atoms with E-state index < -0.39 is 29.9 Å². The fourth-order valence-electron chi connectivity index (χ4n) is 10.7. The van der Waals surface area contributed by atoms with Gasteiger partial charge >= 0.3 is 0 Å². The normalized spacial score (nSPS) is 12.6. The van der Waals surface area contributed by atoms with Crippen LogP contribution in [0.2, 0.25) is 15.1 Å². The molecule has 90 heavy (non-hydrogen) atoms. The number of aromatic nitrogens is 8. The molecule has 6 rings (SSSR count). The number of unbranched alkanes of at least 4 members (excludes halogenated alkanes) is 26. The van der Waals surface area contributed by atoms with Crippen molar-refractivity contribution in [3.05, 3.63) is 68.4 Å². The van der Waals surface area contributed by atoms with Gasteiger partial charge in [-0.2, -0.15) is 9.26 Å². The number of aromatic amines is 2. The van der Waals surface area contributed by atoms with Crippen molar-refractivity contribution in [1.29, 1.82) is 0 Å². The molecule has 0 aliphatic carbocycles. The predicted molar refractivity (Wildman–Crippen MR) is 377 cm³/mol. The van der Waals surface area contributed by atoms with Gasteiger partial charge in [0.2, 0.25) is 20.0 Å². The molecule has 0 saturated heterocycles. The van der Waals surface area contributed by atoms with Crippen molar-refractivity contribution in [1.82, 2.24) is 39.6 Å². The van der Waals surface area contributed by atoms with Crippen LogP contribution in [-0.4, -0.2) is 107 Å². The zero-order chi connectivity index (χ0) is 65.8. The minimum absolute atomic E-state index is 0.00944. The molecule has 0 spiro atoms. The van der Waals surface area contributed by atoms with Gasteiger partial charge in [-0.15, -0.1) is 21.8 Å². The van der Waals surface area contributed by atoms with E-state index in [1.54, 1.807) is 28.9 Å². The average molecular weight is 1390 g/mol. The molecule has 0 aliphatic heterocycles. The number of sulfonamides is 2. The van der Waals surface area contributed by atoms with Gasteiger partial charge in [-0.05, 0) is 62.4 Å². The van der Waals surface area contributed by atoms with Gasteiger partial charge in [0.15, 0.2) is 22.9 Å². The van der Waals surface area contributed by atoms with E-state index in [9.17, 15) is 25.3 Å². The van der Waals surface area contributed by atoms with Crippen LogP contribution in [0, 0.1) is 6.92 Å². The van der Waals surface area contributed by atoms with Gasteiger partial charge < -0.3 is 4.74 Å². The summed E-state index contributed by atoms with van der Waals surface area (Å²) in [6.45, 7) is 17.9. The van der Waals surface area contributed by atoms with Crippen LogP contribution in [0.15, 0.2) is 36.4 Å². The highest BCUT2D eigenvalue weighted by Crippen LogP contribution is 2.35. The molecule has 0 fully saturated rings. The lowest BCUT2D eigenvalue weighted by atomic mass is 9.92. The van der Waals surface area contributed by atoms with Gasteiger partial charge in [-0.25, -0.2) is 35.2 Å². The summed E-state index contributed by atoms with van der Waals surface area (Å²) >= 11 is 25.0. The van der Waals surface area contributed by atoms with E-state index in [0.717, 1.165) is 67.6 Å². The number of fused-ring (bicyclic) bond motifs is 2. The third kappa shape index (κ3) is 27.4. The van der Waals surface area contributed by atoms with Crippen LogP contribution in [0.1, 0.15) is 252 Å². The molecule has 508 valence electrons. The number of H-pyrrole nitrogens is 2. The molecule has 0 saturated carbocycles. The van der Waals surface area contributed by atoms with Crippen molar-refractivity contribution in [3.63, 3.8) is 0 Å². The molecule has 0 bridgehead atoms. The van der Waals surface area contributed by atoms with E-state index in [1.165, 1.54) is 133 Å². The lowest BCUT2D eigenvalue weighted by Gasteiger charge is -2.16. The van der Waals surface area contributed by atoms with Gasteiger partial charge in [-0.3, -0.25) is 19.6 Å². The second kappa shape index (κ2) is 38.7. The molecule has 17 nitrogen and oxygen atoms in total. The van der Waals surface area contributed by atoms with Crippen molar-refractivity contribution in [2.75, 3.05) is 51.5 Å². The number of alkyl halides is 1. The number of hydrogen-bond acceptors (Lipinski definition) is 11. The maximum Gasteiger partial charge on any atom is 0.232 e. The molecule has 0 amide bonds. The zero-order valence-electron chi connectivity index (χ0n) is 55.2. The summed E-state index contributed by atoms with van der Waals surface area (Å²) < 4.78 is 90.2. The van der Waals surface area contributed by atoms with E-state index in [4.69, 9.17) is 51.1 Å². The third-order valence-electron chi connectivity index (χ3n) is 16.1. The van der Waals surface area contributed by atoms with Gasteiger partial charge in [0, 0.05) is 34.4 Å². The lowest BCUT2D eigenvalue weighted by molar-refractivity contribution is 0.144. The maximum atomic E-state index is 12.9. The van der Waals surface area contributed by atoms with Crippen LogP contribution < -0.4 is 9.44 Å². The summed E-state index contributed by atoms with van der Waals surface area (Å²) in [5, 5.41) is 16.6. The Morgan fingerprint density at radius 3 is 1.27 bits per heavy atom. The average Bonchev–Trinajstić information content (AvgIpc) is 1.88. The Morgan fingerprint density at radius 1 is 0.478 bits per heavy atom. The molecule has 4 heterocycles. The van der Waals surface area contributed by atoms with Crippen LogP contribution in [0.4, 0.5) is 11.4 Å². The van der Waals surface area contributed by atoms with Crippen LogP contribution in [0.3, 0.4) is 0 Å². The number of ether oxygens (including phenoxy) is 1. The fraction of sp³-hybridized carbons (Fsp3) is 0.697. The highest BCUT2D eigenvalue weighted by Gasteiger charge is 2.27. The SMILES string of the molecule is CCCCCCCCCCCCCCCCS(=O)(=O)CCCS(=O)(=O)Nc1cc(-c2nc3c(Cl)c(C(C)(C)C)[nH]n3n2)ccc1Cl.Cc1ccc(-c2nc3c(Cl)c(C(C)(C)C)[nH]n3n2)cc1NS(=O)(=O)CCCCCCCCCCCCCCCCOCCCl. The van der Waals surface area contributed by atoms with Crippen molar-refractivity contribution in [2.24, 2.45) is 0 Å². The van der Waals surface area contributed by atoms with Crippen LogP contribution in [0.5, 0.6) is 0 Å². The monoisotopic (exact) mass is 1390 g/mol. The molecule has 0 radical (unpaired) electrons. The number of hydrogen-bond donors (Lipinski definition) is 4. The van der Waals surface area contributed by atoms with Crippen molar-refractivity contribution >= 4 is 99.0 Å². The van der Waals surface area contributed by atoms with E-state index in [0.29, 0.717) is 69.6 Å². The Labute approximate surface area is 559 Å². The Hall–Kier alpha value is -3.63. The summed E-state index contributed by atoms with van der Waals surface area (Å²) in [7, 11) is -10.6. The summed E-state index contributed by atoms with van der Waals surface area (Å²) in [5.41, 5.74) is 5.13. The molecular weight excluding hydrogens is 1280 g/mol. The minimum Gasteiger partial charge on any atom is -0.380 e. The molecule has 24 heteroatoms. The van der Waals surface area contributed by atoms with Crippen LogP contribution in [0.25, 0.3) is 34.1 Å². The Balaban J connectivity index is 0.000000328. The molecule has 4 aromatic heterocycles. The number of rotatable bonds is 44. The first-order valence-corrected chi connectivity index (χ1v) is 40.1. The highest BCUT2D eigenvalue weighted by molar-refractivity contribution is 7.93. The number of aryl methyl sites for hydroxylation is 1. The van der Waals surface area contributed by atoms with Gasteiger partial charge in [0.1, 0.15) is 19.9 Å². The van der Waals surface area contributed by atoms with Gasteiger partial charge in [0.25, 0.3) is 0 Å². The Bertz CT molecular complexity index is 3430. The molecular formula is C66H106Cl4N10O7S3. The molecule has 0 atom stereocenters. The number of halogens is 4. The highest BCUT2D eigenvalue weighted by atomic mass is 35.5. The van der Waals surface area contributed by atoms with Crippen molar-refractivity contribution in [3.8, 4) is 22.8 Å². The lowest BCUT2D eigenvalue weighted by Crippen LogP contribution is -2.20. The second-order valence-electron chi connectivity index (χ2n) is 26.4. The molecule has 2 aromatic carbocycles. The van der Waals surface area contributed by atoms with Crippen molar-refractivity contribution < 1.29 is 30.0 Å². The van der Waals surface area contributed by atoms with Crippen LogP contribution >= 0.6 is 46.4 Å². The summed E-state index contributed by atoms with van der Waals surface area (Å²) in [5.74, 6) is 1.13. The largest absolute Gasteiger partial charge is 0.380 e. The number of benzene rings is 2. The topological polar surface area (TPSA) is 228 Å². The molecule has 0 unspecified atom stereocenters. The third-order valence-corrected chi connectivity index (χ3v) is 21.8. The second-order valence-corrected chi connectivity index (χ2v) is 33.9. The van der Waals surface area contributed by atoms with Crippen LogP contribution in [-0.2, 0) is 45.5 Å². The first-order valence-electron chi connectivity index (χ1n) is 33.3. The molecule has 6 aromatic rings. The number of nitrogens with zero attached hydrogens (tertiary/aromatic N) is 6. The summed E-state index contributed by atoms with van der Waals surface area (Å²) in [6, 6.07) is 10.4. The quantitative estimate of drug-likeness (QED) is 0.0208. The molecule has 0 aliphatic rings. The summed E-state index contributed by atoms with van der Waals surface area (Å²) in [6.07, 6.45) is 33.5. The van der Waals surface area contributed by atoms with Gasteiger partial charge in [0.05, 0.1) is 57.4 Å². The predicted octanol–water partition coefficient (Wildman–Crippen LogP) is 18.8. The minimum atomic E-state index is -3.84. The Morgan fingerprint density at radius 2 is 0.844 bits per heavy atom. The molecule has 4 N–H and O–H groups in total. The van der Waals surface area contributed by atoms with E-state index >= 15 is 0 Å². The zero-order valence-corrected chi connectivity index (χ0v) is 60.7. The summed E-state index contributed by atoms with van der Waals surface area (Å²) in [4.78, 5) is 9.15.